The average molecular weight is 467 g/mol. The minimum Gasteiger partial charge on any atom is -0.497 e. The van der Waals surface area contributed by atoms with Crippen LogP contribution in [0.1, 0.15) is 22.8 Å². The lowest BCUT2D eigenvalue weighted by molar-refractivity contribution is -0.124. The van der Waals surface area contributed by atoms with Crippen LogP contribution in [0.4, 0.5) is 5.69 Å². The number of hydrogen-bond donors (Lipinski definition) is 1. The van der Waals surface area contributed by atoms with Crippen molar-refractivity contribution in [1.29, 1.82) is 0 Å². The first kappa shape index (κ1) is 22.2. The Hall–Kier alpha value is -2.96. The summed E-state index contributed by atoms with van der Waals surface area (Å²) in [5.74, 6) is 0.452. The van der Waals surface area contributed by atoms with Crippen molar-refractivity contribution in [2.24, 2.45) is 0 Å². The van der Waals surface area contributed by atoms with E-state index < -0.39 is 0 Å². The molecule has 1 N–H and O–H groups in total. The van der Waals surface area contributed by atoms with Crippen molar-refractivity contribution >= 4 is 40.9 Å². The molecule has 5 nitrogen and oxygen atoms in total. The first-order valence-corrected chi connectivity index (χ1v) is 11.5. The summed E-state index contributed by atoms with van der Waals surface area (Å²) in [6.45, 7) is 0.265. The number of amides is 2. The van der Waals surface area contributed by atoms with Gasteiger partial charge in [-0.05, 0) is 41.5 Å². The van der Waals surface area contributed by atoms with Gasteiger partial charge in [-0.15, -0.1) is 11.8 Å². The number of ether oxygens (including phenoxy) is 1. The van der Waals surface area contributed by atoms with Gasteiger partial charge in [0.05, 0.1) is 12.8 Å². The number of carbonyl (C=O) groups is 2. The number of nitrogens with zero attached hydrogens (tertiary/aromatic N) is 1. The molecule has 7 heteroatoms. The standard InChI is InChI=1S/C25H23ClN2O3S/c1-31-19-12-10-17(11-13-19)23-14-25(30)28(21-8-4-5-9-22(21)32-23)16-24(29)27-15-18-6-2-3-7-20(18)26/h2-13,23H,14-16H2,1H3,(H,27,29). The Morgan fingerprint density at radius 1 is 1.09 bits per heavy atom. The van der Waals surface area contributed by atoms with E-state index in [9.17, 15) is 9.59 Å². The number of hydrogen-bond acceptors (Lipinski definition) is 4. The SMILES string of the molecule is COc1ccc(C2CC(=O)N(CC(=O)NCc3ccccc3Cl)c3ccccc3S2)cc1. The molecule has 0 aliphatic carbocycles. The summed E-state index contributed by atoms with van der Waals surface area (Å²) >= 11 is 7.82. The molecular formula is C25H23ClN2O3S. The molecular weight excluding hydrogens is 444 g/mol. The molecule has 1 aliphatic rings. The number of para-hydroxylation sites is 1. The van der Waals surface area contributed by atoms with E-state index in [-0.39, 0.29) is 23.6 Å². The molecule has 32 heavy (non-hydrogen) atoms. The Bertz CT molecular complexity index is 1120. The van der Waals surface area contributed by atoms with Gasteiger partial charge in [-0.3, -0.25) is 9.59 Å². The number of nitrogens with one attached hydrogen (secondary N) is 1. The van der Waals surface area contributed by atoms with E-state index in [0.717, 1.165) is 27.5 Å². The van der Waals surface area contributed by atoms with Crippen molar-refractivity contribution in [2.45, 2.75) is 23.1 Å². The van der Waals surface area contributed by atoms with Crippen LogP contribution in [-0.2, 0) is 16.1 Å². The quantitative estimate of drug-likeness (QED) is 0.540. The highest BCUT2D eigenvalue weighted by atomic mass is 35.5. The van der Waals surface area contributed by atoms with Gasteiger partial charge in [-0.1, -0.05) is 54.1 Å². The van der Waals surface area contributed by atoms with Gasteiger partial charge < -0.3 is 15.0 Å². The van der Waals surface area contributed by atoms with Crippen molar-refractivity contribution in [3.05, 3.63) is 88.9 Å². The lowest BCUT2D eigenvalue weighted by Gasteiger charge is -2.22. The Morgan fingerprint density at radius 3 is 2.56 bits per heavy atom. The van der Waals surface area contributed by atoms with E-state index in [0.29, 0.717) is 18.0 Å². The highest BCUT2D eigenvalue weighted by Gasteiger charge is 2.30. The average Bonchev–Trinajstić information content (AvgIpc) is 2.95. The van der Waals surface area contributed by atoms with Crippen LogP contribution in [0.5, 0.6) is 5.75 Å². The summed E-state index contributed by atoms with van der Waals surface area (Å²) in [7, 11) is 1.63. The van der Waals surface area contributed by atoms with Gasteiger partial charge in [-0.25, -0.2) is 0 Å². The second-order valence-electron chi connectivity index (χ2n) is 7.40. The molecule has 1 unspecified atom stereocenters. The summed E-state index contributed by atoms with van der Waals surface area (Å²) in [5.41, 5.74) is 2.63. The van der Waals surface area contributed by atoms with Gasteiger partial charge in [-0.2, -0.15) is 0 Å². The fourth-order valence-corrected chi connectivity index (χ4v) is 5.08. The number of benzene rings is 3. The number of carbonyl (C=O) groups excluding carboxylic acids is 2. The summed E-state index contributed by atoms with van der Waals surface area (Å²) < 4.78 is 5.25. The Labute approximate surface area is 196 Å². The van der Waals surface area contributed by atoms with Crippen LogP contribution in [0.2, 0.25) is 5.02 Å². The van der Waals surface area contributed by atoms with E-state index in [1.165, 1.54) is 0 Å². The highest BCUT2D eigenvalue weighted by Crippen LogP contribution is 2.45. The molecule has 0 spiro atoms. The first-order valence-electron chi connectivity index (χ1n) is 10.3. The Balaban J connectivity index is 1.52. The molecule has 3 aromatic carbocycles. The molecule has 0 saturated heterocycles. The van der Waals surface area contributed by atoms with Gasteiger partial charge in [0.25, 0.3) is 0 Å². The lowest BCUT2D eigenvalue weighted by Crippen LogP contribution is -2.40. The van der Waals surface area contributed by atoms with Gasteiger partial charge in [0, 0.05) is 28.1 Å². The molecule has 1 atom stereocenters. The Morgan fingerprint density at radius 2 is 1.81 bits per heavy atom. The number of thioether (sulfide) groups is 1. The Kier molecular flexibility index (Phi) is 7.02. The van der Waals surface area contributed by atoms with Gasteiger partial charge in [0.2, 0.25) is 11.8 Å². The first-order chi connectivity index (χ1) is 15.5. The summed E-state index contributed by atoms with van der Waals surface area (Å²) in [4.78, 5) is 28.5. The fraction of sp³-hybridized carbons (Fsp3) is 0.200. The van der Waals surface area contributed by atoms with E-state index in [2.05, 4.69) is 5.32 Å². The van der Waals surface area contributed by atoms with Crippen LogP contribution in [0, 0.1) is 0 Å². The normalized spacial score (nSPS) is 15.6. The third-order valence-corrected chi connectivity index (χ3v) is 7.00. The number of halogens is 1. The van der Waals surface area contributed by atoms with Crippen molar-refractivity contribution in [2.75, 3.05) is 18.6 Å². The molecule has 0 fully saturated rings. The molecule has 0 radical (unpaired) electrons. The third kappa shape index (κ3) is 5.09. The predicted molar refractivity (Wildman–Crippen MR) is 128 cm³/mol. The number of rotatable bonds is 6. The van der Waals surface area contributed by atoms with E-state index in [1.807, 2.05) is 66.7 Å². The second-order valence-corrected chi connectivity index (χ2v) is 9.05. The van der Waals surface area contributed by atoms with Crippen LogP contribution in [0.15, 0.2) is 77.7 Å². The molecule has 4 rings (SSSR count). The van der Waals surface area contributed by atoms with Crippen molar-refractivity contribution in [1.82, 2.24) is 5.32 Å². The van der Waals surface area contributed by atoms with Gasteiger partial charge >= 0.3 is 0 Å². The van der Waals surface area contributed by atoms with Crippen LogP contribution in [0.25, 0.3) is 0 Å². The molecule has 0 saturated carbocycles. The van der Waals surface area contributed by atoms with Gasteiger partial charge in [0.15, 0.2) is 0 Å². The molecule has 2 amide bonds. The van der Waals surface area contributed by atoms with Crippen LogP contribution >= 0.6 is 23.4 Å². The number of fused-ring (bicyclic) bond motifs is 1. The van der Waals surface area contributed by atoms with Crippen LogP contribution in [0.3, 0.4) is 0 Å². The second kappa shape index (κ2) is 10.1. The van der Waals surface area contributed by atoms with Crippen molar-refractivity contribution in [3.63, 3.8) is 0 Å². The summed E-state index contributed by atoms with van der Waals surface area (Å²) in [5, 5.41) is 3.43. The van der Waals surface area contributed by atoms with Crippen molar-refractivity contribution < 1.29 is 14.3 Å². The number of anilines is 1. The zero-order valence-electron chi connectivity index (χ0n) is 17.6. The zero-order valence-corrected chi connectivity index (χ0v) is 19.2. The lowest BCUT2D eigenvalue weighted by atomic mass is 10.1. The van der Waals surface area contributed by atoms with E-state index in [1.54, 1.807) is 29.8 Å². The maximum absolute atomic E-state index is 13.2. The molecule has 0 bridgehead atoms. The number of methoxy groups -OCH3 is 1. The van der Waals surface area contributed by atoms with E-state index >= 15 is 0 Å². The molecule has 0 aromatic heterocycles. The largest absolute Gasteiger partial charge is 0.497 e. The van der Waals surface area contributed by atoms with E-state index in [4.69, 9.17) is 16.3 Å². The molecule has 1 heterocycles. The molecule has 3 aromatic rings. The van der Waals surface area contributed by atoms with Crippen LogP contribution in [-0.4, -0.2) is 25.5 Å². The van der Waals surface area contributed by atoms with Gasteiger partial charge in [0.1, 0.15) is 12.3 Å². The van der Waals surface area contributed by atoms with Crippen LogP contribution < -0.4 is 15.0 Å². The predicted octanol–water partition coefficient (Wildman–Crippen LogP) is 5.24. The maximum atomic E-state index is 13.2. The summed E-state index contributed by atoms with van der Waals surface area (Å²) in [6.07, 6.45) is 0.295. The van der Waals surface area contributed by atoms with Crippen molar-refractivity contribution in [3.8, 4) is 5.75 Å². The zero-order chi connectivity index (χ0) is 22.5. The maximum Gasteiger partial charge on any atom is 0.240 e. The molecule has 1 aliphatic heterocycles. The minimum absolute atomic E-state index is 0.0454. The minimum atomic E-state index is -0.235. The molecule has 164 valence electrons. The third-order valence-electron chi connectivity index (χ3n) is 5.31. The summed E-state index contributed by atoms with van der Waals surface area (Å²) in [6, 6.07) is 22.8. The monoisotopic (exact) mass is 466 g/mol. The highest BCUT2D eigenvalue weighted by molar-refractivity contribution is 7.99. The smallest absolute Gasteiger partial charge is 0.240 e. The fourth-order valence-electron chi connectivity index (χ4n) is 3.59. The topological polar surface area (TPSA) is 58.6 Å².